The van der Waals surface area contributed by atoms with Crippen LogP contribution in [0.15, 0.2) is 48.5 Å². The van der Waals surface area contributed by atoms with E-state index in [0.29, 0.717) is 5.56 Å². The van der Waals surface area contributed by atoms with Gasteiger partial charge in [0.2, 0.25) is 5.91 Å². The average Bonchev–Trinajstić information content (AvgIpc) is 2.60. The fourth-order valence-corrected chi connectivity index (χ4v) is 2.01. The van der Waals surface area contributed by atoms with Crippen LogP contribution < -0.4 is 14.8 Å². The second kappa shape index (κ2) is 8.56. The summed E-state index contributed by atoms with van der Waals surface area (Å²) in [7, 11) is 1.30. The van der Waals surface area contributed by atoms with Crippen LogP contribution in [0.4, 0.5) is 20.2 Å². The molecule has 2 aromatic rings. The van der Waals surface area contributed by atoms with Gasteiger partial charge in [-0.3, -0.25) is 14.9 Å². The fraction of sp³-hybridized carbons (Fsp3) is 0.118. The molecule has 0 radical (unpaired) electrons. The van der Waals surface area contributed by atoms with E-state index in [1.54, 1.807) is 0 Å². The van der Waals surface area contributed by atoms with Gasteiger partial charge in [0.1, 0.15) is 0 Å². The average molecular weight is 364 g/mol. The number of anilines is 1. The zero-order chi connectivity index (χ0) is 19.1. The molecule has 0 saturated heterocycles. The fourth-order valence-electron chi connectivity index (χ4n) is 2.01. The van der Waals surface area contributed by atoms with E-state index in [1.165, 1.54) is 61.7 Å². The van der Waals surface area contributed by atoms with E-state index in [2.05, 4.69) is 10.1 Å². The zero-order valence-electron chi connectivity index (χ0n) is 13.5. The van der Waals surface area contributed by atoms with Gasteiger partial charge in [0.15, 0.2) is 11.5 Å². The molecule has 0 unspecified atom stereocenters. The van der Waals surface area contributed by atoms with Crippen molar-refractivity contribution in [1.82, 2.24) is 0 Å². The summed E-state index contributed by atoms with van der Waals surface area (Å²) in [6.45, 7) is -3.03. The van der Waals surface area contributed by atoms with Gasteiger partial charge in [-0.1, -0.05) is 0 Å². The molecule has 0 aliphatic carbocycles. The highest BCUT2D eigenvalue weighted by Crippen LogP contribution is 2.31. The van der Waals surface area contributed by atoms with E-state index in [4.69, 9.17) is 4.74 Å². The summed E-state index contributed by atoms with van der Waals surface area (Å²) in [4.78, 5) is 22.0. The van der Waals surface area contributed by atoms with E-state index in [-0.39, 0.29) is 22.9 Å². The topological polar surface area (TPSA) is 90.7 Å². The van der Waals surface area contributed by atoms with E-state index in [0.717, 1.165) is 0 Å². The molecule has 7 nitrogen and oxygen atoms in total. The van der Waals surface area contributed by atoms with Crippen LogP contribution in [0.3, 0.4) is 0 Å². The molecule has 0 heterocycles. The summed E-state index contributed by atoms with van der Waals surface area (Å²) in [5, 5.41) is 13.1. The predicted octanol–water partition coefficient (Wildman–Crippen LogP) is 3.86. The van der Waals surface area contributed by atoms with Crippen molar-refractivity contribution in [1.29, 1.82) is 0 Å². The minimum absolute atomic E-state index is 0.0589. The molecular weight excluding hydrogens is 350 g/mol. The first kappa shape index (κ1) is 18.8. The quantitative estimate of drug-likeness (QED) is 0.458. The normalized spacial score (nSPS) is 10.8. The number of nitrogens with zero attached hydrogens (tertiary/aromatic N) is 1. The lowest BCUT2D eigenvalue weighted by molar-refractivity contribution is -0.384. The Morgan fingerprint density at radius 3 is 2.46 bits per heavy atom. The molecule has 1 amide bonds. The number of carbonyl (C=O) groups is 1. The van der Waals surface area contributed by atoms with Gasteiger partial charge in [-0.2, -0.15) is 8.78 Å². The van der Waals surface area contributed by atoms with Crippen LogP contribution in [0.5, 0.6) is 11.5 Å². The number of nitrogens with one attached hydrogen (secondary N) is 1. The first-order chi connectivity index (χ1) is 12.4. The number of nitro benzene ring substituents is 1. The molecule has 136 valence electrons. The summed E-state index contributed by atoms with van der Waals surface area (Å²) in [5.74, 6) is -0.624. The van der Waals surface area contributed by atoms with Gasteiger partial charge in [-0.15, -0.1) is 0 Å². The minimum atomic E-state index is -3.03. The van der Waals surface area contributed by atoms with Gasteiger partial charge in [0, 0.05) is 30.0 Å². The number of ether oxygens (including phenoxy) is 2. The van der Waals surface area contributed by atoms with Crippen LogP contribution in [0.25, 0.3) is 6.08 Å². The standard InChI is InChI=1S/C17H14F2N2O5/c1-25-14-8-5-12(10-15(14)26-17(18)19)20-16(22)9-4-11-2-6-13(7-3-11)21(23)24/h2-10,17H,1H3,(H,20,22)/b9-4+. The minimum Gasteiger partial charge on any atom is -0.493 e. The number of rotatable bonds is 7. The van der Waals surface area contributed by atoms with Crippen molar-refractivity contribution in [2.75, 3.05) is 12.4 Å². The SMILES string of the molecule is COc1ccc(NC(=O)/C=C/c2ccc([N+](=O)[O-])cc2)cc1OC(F)F. The smallest absolute Gasteiger partial charge is 0.387 e. The summed E-state index contributed by atoms with van der Waals surface area (Å²) in [6.07, 6.45) is 2.66. The second-order valence-corrected chi connectivity index (χ2v) is 4.92. The van der Waals surface area contributed by atoms with Crippen LogP contribution in [0.2, 0.25) is 0 Å². The molecular formula is C17H14F2N2O5. The number of hydrogen-bond acceptors (Lipinski definition) is 5. The van der Waals surface area contributed by atoms with Crippen LogP contribution >= 0.6 is 0 Å². The van der Waals surface area contributed by atoms with Gasteiger partial charge in [-0.05, 0) is 35.9 Å². The molecule has 9 heteroatoms. The summed E-state index contributed by atoms with van der Waals surface area (Å²) >= 11 is 0. The van der Waals surface area contributed by atoms with Crippen LogP contribution in [0, 0.1) is 10.1 Å². The number of amides is 1. The summed E-state index contributed by atoms with van der Waals surface area (Å²) < 4.78 is 34.0. The third-order valence-corrected chi connectivity index (χ3v) is 3.18. The number of carbonyl (C=O) groups excluding carboxylic acids is 1. The molecule has 26 heavy (non-hydrogen) atoms. The van der Waals surface area contributed by atoms with Crippen LogP contribution in [0.1, 0.15) is 5.56 Å². The summed E-state index contributed by atoms with van der Waals surface area (Å²) in [5.41, 5.74) is 0.762. The Balaban J connectivity index is 2.05. The van der Waals surface area contributed by atoms with Crippen molar-refractivity contribution >= 4 is 23.4 Å². The van der Waals surface area contributed by atoms with Crippen LogP contribution in [-0.2, 0) is 4.79 Å². The molecule has 0 atom stereocenters. The highest BCUT2D eigenvalue weighted by Gasteiger charge is 2.12. The first-order valence-electron chi connectivity index (χ1n) is 7.25. The lowest BCUT2D eigenvalue weighted by Gasteiger charge is -2.11. The largest absolute Gasteiger partial charge is 0.493 e. The maximum Gasteiger partial charge on any atom is 0.387 e. The molecule has 0 spiro atoms. The molecule has 0 aromatic heterocycles. The van der Waals surface area contributed by atoms with Crippen molar-refractivity contribution < 1.29 is 28.0 Å². The van der Waals surface area contributed by atoms with Gasteiger partial charge in [0.05, 0.1) is 12.0 Å². The number of nitro groups is 1. The number of hydrogen-bond donors (Lipinski definition) is 1. The molecule has 0 fully saturated rings. The predicted molar refractivity (Wildman–Crippen MR) is 90.4 cm³/mol. The third kappa shape index (κ3) is 5.26. The van der Waals surface area contributed by atoms with Crippen LogP contribution in [-0.4, -0.2) is 24.6 Å². The van der Waals surface area contributed by atoms with Crippen molar-refractivity contribution in [3.05, 3.63) is 64.2 Å². The number of halogens is 2. The Bertz CT molecular complexity index is 822. The number of benzene rings is 2. The van der Waals surface area contributed by atoms with Crippen molar-refractivity contribution in [2.24, 2.45) is 0 Å². The zero-order valence-corrected chi connectivity index (χ0v) is 13.5. The second-order valence-electron chi connectivity index (χ2n) is 4.92. The van der Waals surface area contributed by atoms with Crippen molar-refractivity contribution in [2.45, 2.75) is 6.61 Å². The van der Waals surface area contributed by atoms with E-state index < -0.39 is 17.4 Å². The highest BCUT2D eigenvalue weighted by molar-refractivity contribution is 6.02. The number of alkyl halides is 2. The Kier molecular flexibility index (Phi) is 6.20. The summed E-state index contributed by atoms with van der Waals surface area (Å²) in [6, 6.07) is 9.67. The van der Waals surface area contributed by atoms with Gasteiger partial charge in [-0.25, -0.2) is 0 Å². The highest BCUT2D eigenvalue weighted by atomic mass is 19.3. The molecule has 2 rings (SSSR count). The lowest BCUT2D eigenvalue weighted by Crippen LogP contribution is -2.09. The van der Waals surface area contributed by atoms with E-state index in [1.807, 2.05) is 0 Å². The maximum atomic E-state index is 12.4. The van der Waals surface area contributed by atoms with Gasteiger partial charge >= 0.3 is 6.61 Å². The van der Waals surface area contributed by atoms with Crippen molar-refractivity contribution in [3.63, 3.8) is 0 Å². The molecule has 0 aliphatic heterocycles. The number of non-ortho nitro benzene ring substituents is 1. The number of methoxy groups -OCH3 is 1. The Morgan fingerprint density at radius 2 is 1.88 bits per heavy atom. The van der Waals surface area contributed by atoms with Gasteiger partial charge < -0.3 is 14.8 Å². The maximum absolute atomic E-state index is 12.4. The molecule has 0 bridgehead atoms. The van der Waals surface area contributed by atoms with Crippen molar-refractivity contribution in [3.8, 4) is 11.5 Å². The Morgan fingerprint density at radius 1 is 1.19 bits per heavy atom. The molecule has 0 aliphatic rings. The van der Waals surface area contributed by atoms with Gasteiger partial charge in [0.25, 0.3) is 5.69 Å². The Labute approximate surface area is 147 Å². The Hall–Kier alpha value is -3.49. The monoisotopic (exact) mass is 364 g/mol. The van der Waals surface area contributed by atoms with E-state index in [9.17, 15) is 23.7 Å². The first-order valence-corrected chi connectivity index (χ1v) is 7.25. The molecule has 0 saturated carbocycles. The third-order valence-electron chi connectivity index (χ3n) is 3.18. The lowest BCUT2D eigenvalue weighted by atomic mass is 10.2. The molecule has 2 aromatic carbocycles. The van der Waals surface area contributed by atoms with E-state index >= 15 is 0 Å². The molecule has 1 N–H and O–H groups in total.